The molecular formula is C18H26O4. The van der Waals surface area contributed by atoms with Crippen molar-refractivity contribution >= 4 is 11.9 Å². The molecule has 0 bridgehead atoms. The molecule has 4 nitrogen and oxygen atoms in total. The van der Waals surface area contributed by atoms with Gasteiger partial charge in [0.25, 0.3) is 0 Å². The van der Waals surface area contributed by atoms with Crippen LogP contribution in [0, 0.1) is 0 Å². The average Bonchev–Trinajstić information content (AvgIpc) is 2.44. The second-order valence-corrected chi connectivity index (χ2v) is 6.10. The van der Waals surface area contributed by atoms with Crippen molar-refractivity contribution < 1.29 is 19.1 Å². The molecule has 22 heavy (non-hydrogen) atoms. The van der Waals surface area contributed by atoms with E-state index >= 15 is 0 Å². The summed E-state index contributed by atoms with van der Waals surface area (Å²) in [4.78, 5) is 24.6. The molecule has 0 aromatic heterocycles. The van der Waals surface area contributed by atoms with Crippen LogP contribution in [-0.2, 0) is 22.3 Å². The summed E-state index contributed by atoms with van der Waals surface area (Å²) in [6.45, 7) is 11.5. The number of aryl methyl sites for hydroxylation is 2. The van der Waals surface area contributed by atoms with Gasteiger partial charge in [0.15, 0.2) is 0 Å². The number of hydrogen-bond acceptors (Lipinski definition) is 4. The van der Waals surface area contributed by atoms with E-state index in [9.17, 15) is 9.59 Å². The lowest BCUT2D eigenvalue weighted by Crippen LogP contribution is -2.25. The largest absolute Gasteiger partial charge is 0.462 e. The molecule has 122 valence electrons. The fourth-order valence-electron chi connectivity index (χ4n) is 2.23. The van der Waals surface area contributed by atoms with Crippen molar-refractivity contribution in [3.63, 3.8) is 0 Å². The second kappa shape index (κ2) is 7.43. The Morgan fingerprint density at radius 1 is 0.909 bits per heavy atom. The summed E-state index contributed by atoms with van der Waals surface area (Å²) in [5, 5.41) is 0. The maximum atomic E-state index is 12.4. The van der Waals surface area contributed by atoms with Gasteiger partial charge in [-0.1, -0.05) is 13.8 Å². The molecular weight excluding hydrogens is 280 g/mol. The molecule has 0 saturated heterocycles. The van der Waals surface area contributed by atoms with E-state index in [0.717, 1.165) is 24.0 Å². The molecule has 0 aliphatic carbocycles. The molecule has 0 amide bonds. The molecule has 0 N–H and O–H groups in total. The van der Waals surface area contributed by atoms with E-state index in [1.54, 1.807) is 39.8 Å². The van der Waals surface area contributed by atoms with E-state index < -0.39 is 17.5 Å². The van der Waals surface area contributed by atoms with Crippen LogP contribution < -0.4 is 0 Å². The summed E-state index contributed by atoms with van der Waals surface area (Å²) in [6.07, 6.45) is 1.59. The summed E-state index contributed by atoms with van der Waals surface area (Å²) in [7, 11) is 0. The highest BCUT2D eigenvalue weighted by Crippen LogP contribution is 2.22. The van der Waals surface area contributed by atoms with Crippen LogP contribution in [0.2, 0.25) is 0 Å². The molecule has 0 radical (unpaired) electrons. The Bertz CT molecular complexity index is 553. The van der Waals surface area contributed by atoms with Gasteiger partial charge in [-0.15, -0.1) is 0 Å². The maximum Gasteiger partial charge on any atom is 0.339 e. The predicted octanol–water partition coefficient (Wildman–Crippen LogP) is 3.94. The lowest BCUT2D eigenvalue weighted by molar-refractivity contribution is 0.00642. The van der Waals surface area contributed by atoms with Crippen LogP contribution in [0.1, 0.15) is 73.4 Å². The standard InChI is InChI=1S/C18H26O4/c1-7-12-10-14(16(19)21-9-3)15(11-13(12)8-2)17(20)22-18(4,5)6/h10-11H,7-9H2,1-6H3. The Morgan fingerprint density at radius 3 is 1.73 bits per heavy atom. The fourth-order valence-corrected chi connectivity index (χ4v) is 2.23. The monoisotopic (exact) mass is 306 g/mol. The number of carbonyl (C=O) groups excluding carboxylic acids is 2. The molecule has 0 fully saturated rings. The van der Waals surface area contributed by atoms with Crippen molar-refractivity contribution in [3.8, 4) is 0 Å². The van der Waals surface area contributed by atoms with Crippen molar-refractivity contribution in [1.29, 1.82) is 0 Å². The molecule has 1 aromatic rings. The molecule has 0 saturated carbocycles. The normalized spacial score (nSPS) is 11.2. The lowest BCUT2D eigenvalue weighted by atomic mass is 9.95. The minimum Gasteiger partial charge on any atom is -0.462 e. The van der Waals surface area contributed by atoms with Gasteiger partial charge in [-0.2, -0.15) is 0 Å². The molecule has 0 atom stereocenters. The highest BCUT2D eigenvalue weighted by molar-refractivity contribution is 6.03. The summed E-state index contributed by atoms with van der Waals surface area (Å²) in [5.74, 6) is -0.978. The minimum atomic E-state index is -0.612. The third-order valence-corrected chi connectivity index (χ3v) is 3.22. The molecule has 4 heteroatoms. The number of benzene rings is 1. The van der Waals surface area contributed by atoms with Gasteiger partial charge in [-0.05, 0) is 63.8 Å². The van der Waals surface area contributed by atoms with Crippen LogP contribution in [-0.4, -0.2) is 24.1 Å². The summed E-state index contributed by atoms with van der Waals surface area (Å²) in [5.41, 5.74) is 2.06. The van der Waals surface area contributed by atoms with Crippen molar-refractivity contribution in [3.05, 3.63) is 34.4 Å². The highest BCUT2D eigenvalue weighted by atomic mass is 16.6. The zero-order valence-corrected chi connectivity index (χ0v) is 14.4. The van der Waals surface area contributed by atoms with E-state index in [4.69, 9.17) is 9.47 Å². The van der Waals surface area contributed by atoms with Gasteiger partial charge in [0.2, 0.25) is 0 Å². The van der Waals surface area contributed by atoms with Crippen molar-refractivity contribution in [1.82, 2.24) is 0 Å². The zero-order valence-electron chi connectivity index (χ0n) is 14.4. The number of ether oxygens (including phenoxy) is 2. The summed E-state index contributed by atoms with van der Waals surface area (Å²) in [6, 6.07) is 3.52. The predicted molar refractivity (Wildman–Crippen MR) is 86.3 cm³/mol. The minimum absolute atomic E-state index is 0.267. The van der Waals surface area contributed by atoms with Gasteiger partial charge < -0.3 is 9.47 Å². The van der Waals surface area contributed by atoms with E-state index in [2.05, 4.69) is 0 Å². The highest BCUT2D eigenvalue weighted by Gasteiger charge is 2.25. The summed E-state index contributed by atoms with van der Waals surface area (Å²) >= 11 is 0. The zero-order chi connectivity index (χ0) is 16.9. The first kappa shape index (κ1) is 18.2. The summed E-state index contributed by atoms with van der Waals surface area (Å²) < 4.78 is 10.5. The molecule has 1 rings (SSSR count). The van der Waals surface area contributed by atoms with Crippen LogP contribution in [0.3, 0.4) is 0 Å². The fraction of sp³-hybridized carbons (Fsp3) is 0.556. The van der Waals surface area contributed by atoms with Gasteiger partial charge in [-0.3, -0.25) is 0 Å². The van der Waals surface area contributed by atoms with E-state index in [0.29, 0.717) is 0 Å². The average molecular weight is 306 g/mol. The molecule has 0 spiro atoms. The molecule has 1 aromatic carbocycles. The Kier molecular flexibility index (Phi) is 6.15. The van der Waals surface area contributed by atoms with Gasteiger partial charge in [0.1, 0.15) is 5.60 Å². The smallest absolute Gasteiger partial charge is 0.339 e. The number of esters is 2. The quantitative estimate of drug-likeness (QED) is 0.773. The van der Waals surface area contributed by atoms with Gasteiger partial charge in [0, 0.05) is 0 Å². The van der Waals surface area contributed by atoms with Crippen LogP contribution in [0.15, 0.2) is 12.1 Å². The van der Waals surface area contributed by atoms with Crippen LogP contribution in [0.5, 0.6) is 0 Å². The van der Waals surface area contributed by atoms with E-state index in [1.807, 2.05) is 13.8 Å². The van der Waals surface area contributed by atoms with Gasteiger partial charge in [-0.25, -0.2) is 9.59 Å². The van der Waals surface area contributed by atoms with Crippen molar-refractivity contribution in [2.45, 2.75) is 60.0 Å². The Morgan fingerprint density at radius 2 is 1.36 bits per heavy atom. The van der Waals surface area contributed by atoms with Crippen molar-refractivity contribution in [2.75, 3.05) is 6.61 Å². The first-order chi connectivity index (χ1) is 10.2. The van der Waals surface area contributed by atoms with Gasteiger partial charge >= 0.3 is 11.9 Å². The number of rotatable bonds is 5. The molecule has 0 heterocycles. The number of carbonyl (C=O) groups is 2. The first-order valence-electron chi connectivity index (χ1n) is 7.79. The van der Waals surface area contributed by atoms with Crippen LogP contribution in [0.25, 0.3) is 0 Å². The lowest BCUT2D eigenvalue weighted by Gasteiger charge is -2.21. The third-order valence-electron chi connectivity index (χ3n) is 3.22. The Balaban J connectivity index is 3.38. The molecule has 0 unspecified atom stereocenters. The second-order valence-electron chi connectivity index (χ2n) is 6.10. The molecule has 0 aliphatic rings. The van der Waals surface area contributed by atoms with E-state index in [1.165, 1.54) is 0 Å². The number of hydrogen-bond donors (Lipinski definition) is 0. The van der Waals surface area contributed by atoms with Crippen LogP contribution in [0.4, 0.5) is 0 Å². The maximum absolute atomic E-state index is 12.4. The van der Waals surface area contributed by atoms with E-state index in [-0.39, 0.29) is 17.7 Å². The topological polar surface area (TPSA) is 52.6 Å². The third kappa shape index (κ3) is 4.58. The molecule has 0 aliphatic heterocycles. The van der Waals surface area contributed by atoms with Crippen molar-refractivity contribution in [2.24, 2.45) is 0 Å². The Hall–Kier alpha value is -1.84. The first-order valence-corrected chi connectivity index (χ1v) is 7.79. The van der Waals surface area contributed by atoms with Crippen LogP contribution >= 0.6 is 0 Å². The Labute approximate surface area is 132 Å². The van der Waals surface area contributed by atoms with Gasteiger partial charge in [0.05, 0.1) is 17.7 Å². The SMILES string of the molecule is CCOC(=O)c1cc(CC)c(CC)cc1C(=O)OC(C)(C)C.